The first kappa shape index (κ1) is 17.1. The van der Waals surface area contributed by atoms with Gasteiger partial charge < -0.3 is 5.32 Å². The zero-order valence-electron chi connectivity index (χ0n) is 16.0. The minimum Gasteiger partial charge on any atom is -0.340 e. The van der Waals surface area contributed by atoms with Gasteiger partial charge in [-0.15, -0.1) is 0 Å². The first-order chi connectivity index (χ1) is 14.2. The van der Waals surface area contributed by atoms with Crippen LogP contribution in [0, 0.1) is 0 Å². The number of anilines is 1. The molecule has 2 aromatic carbocycles. The third-order valence-electron chi connectivity index (χ3n) is 4.99. The average molecular weight is 377 g/mol. The maximum atomic E-state index is 4.54. The number of aryl methyl sites for hydroxylation is 1. The van der Waals surface area contributed by atoms with Crippen LogP contribution in [0.3, 0.4) is 0 Å². The first-order valence-corrected chi connectivity index (χ1v) is 9.36. The van der Waals surface area contributed by atoms with Crippen LogP contribution in [-0.4, -0.2) is 19.7 Å². The fraction of sp³-hybridized carbons (Fsp3) is 0.0417. The number of hydrogen-bond donors (Lipinski definition) is 1. The van der Waals surface area contributed by atoms with Crippen LogP contribution < -0.4 is 5.32 Å². The van der Waals surface area contributed by atoms with Crippen LogP contribution in [-0.2, 0) is 7.05 Å². The summed E-state index contributed by atoms with van der Waals surface area (Å²) >= 11 is 0. The third kappa shape index (κ3) is 3.34. The molecule has 0 amide bonds. The van der Waals surface area contributed by atoms with Crippen molar-refractivity contribution in [3.8, 4) is 11.1 Å². The Balaban J connectivity index is 1.45. The molecule has 0 spiro atoms. The lowest BCUT2D eigenvalue weighted by Crippen LogP contribution is -1.99. The highest BCUT2D eigenvalue weighted by Gasteiger charge is 2.06. The van der Waals surface area contributed by atoms with Gasteiger partial charge in [0, 0.05) is 47.7 Å². The second-order valence-corrected chi connectivity index (χ2v) is 7.05. The van der Waals surface area contributed by atoms with Crippen molar-refractivity contribution in [1.29, 1.82) is 0 Å². The second kappa shape index (κ2) is 6.87. The van der Waals surface area contributed by atoms with Crippen molar-refractivity contribution in [2.75, 3.05) is 5.32 Å². The Morgan fingerprint density at radius 3 is 2.69 bits per heavy atom. The number of rotatable bonds is 4. The van der Waals surface area contributed by atoms with E-state index in [9.17, 15) is 0 Å². The molecule has 0 saturated heterocycles. The zero-order valence-corrected chi connectivity index (χ0v) is 16.0. The van der Waals surface area contributed by atoms with Crippen LogP contribution >= 0.6 is 0 Å². The van der Waals surface area contributed by atoms with E-state index in [0.29, 0.717) is 0 Å². The number of nitrogens with zero attached hydrogens (tertiary/aromatic N) is 4. The van der Waals surface area contributed by atoms with Crippen molar-refractivity contribution in [2.45, 2.75) is 0 Å². The molecule has 5 nitrogen and oxygen atoms in total. The van der Waals surface area contributed by atoms with E-state index in [2.05, 4.69) is 51.2 Å². The van der Waals surface area contributed by atoms with Gasteiger partial charge in [-0.25, -0.2) is 4.98 Å². The van der Waals surface area contributed by atoms with Crippen molar-refractivity contribution >= 4 is 33.2 Å². The highest BCUT2D eigenvalue weighted by atomic mass is 15.2. The molecule has 0 unspecified atom stereocenters. The SMILES string of the molecule is C=C(Nc1cc2cc(-c3cnn(C)c3)ccc2cn1)c1ccc2ncccc2c1. The normalized spacial score (nSPS) is 11.1. The highest BCUT2D eigenvalue weighted by molar-refractivity contribution is 5.90. The highest BCUT2D eigenvalue weighted by Crippen LogP contribution is 2.26. The Kier molecular flexibility index (Phi) is 4.06. The molecule has 0 fully saturated rings. The summed E-state index contributed by atoms with van der Waals surface area (Å²) in [5.41, 5.74) is 5.00. The maximum absolute atomic E-state index is 4.54. The quantitative estimate of drug-likeness (QED) is 0.464. The molecule has 0 radical (unpaired) electrons. The number of pyridine rings is 2. The molecule has 5 rings (SSSR count). The summed E-state index contributed by atoms with van der Waals surface area (Å²) in [5.74, 6) is 0.761. The van der Waals surface area contributed by atoms with Crippen molar-refractivity contribution < 1.29 is 0 Å². The standard InChI is InChI=1S/C24H19N5/c1-16(17-7-8-23-19(10-17)4-3-9-25-23)28-24-12-21-11-18(5-6-20(21)13-26-24)22-14-27-29(2)15-22/h3-15H,1H2,2H3,(H,26,28). The van der Waals surface area contributed by atoms with Crippen molar-refractivity contribution in [2.24, 2.45) is 7.05 Å². The monoisotopic (exact) mass is 377 g/mol. The number of fused-ring (bicyclic) bond motifs is 2. The largest absolute Gasteiger partial charge is 0.340 e. The molecule has 5 heteroatoms. The van der Waals surface area contributed by atoms with Gasteiger partial charge in [-0.2, -0.15) is 5.10 Å². The van der Waals surface area contributed by atoms with Gasteiger partial charge in [0.1, 0.15) is 5.82 Å². The fourth-order valence-electron chi connectivity index (χ4n) is 3.45. The molecule has 5 aromatic rings. The van der Waals surface area contributed by atoms with Crippen LogP contribution in [0.1, 0.15) is 5.56 Å². The third-order valence-corrected chi connectivity index (χ3v) is 4.99. The molecule has 3 heterocycles. The number of benzene rings is 2. The summed E-state index contributed by atoms with van der Waals surface area (Å²) in [6, 6.07) is 18.5. The van der Waals surface area contributed by atoms with E-state index in [1.54, 1.807) is 6.20 Å². The van der Waals surface area contributed by atoms with Crippen LogP contribution in [0.15, 0.2) is 86.0 Å². The minimum absolute atomic E-state index is 0.761. The predicted molar refractivity (Wildman–Crippen MR) is 118 cm³/mol. The van der Waals surface area contributed by atoms with E-state index in [1.807, 2.05) is 60.7 Å². The van der Waals surface area contributed by atoms with Crippen molar-refractivity contribution in [3.63, 3.8) is 0 Å². The number of aromatic nitrogens is 4. The summed E-state index contributed by atoms with van der Waals surface area (Å²) in [6.45, 7) is 4.19. The van der Waals surface area contributed by atoms with Gasteiger partial charge in [-0.3, -0.25) is 9.67 Å². The molecule has 1 N–H and O–H groups in total. The summed E-state index contributed by atoms with van der Waals surface area (Å²) in [5, 5.41) is 10.9. The number of nitrogens with one attached hydrogen (secondary N) is 1. The van der Waals surface area contributed by atoms with Crippen LogP contribution in [0.5, 0.6) is 0 Å². The average Bonchev–Trinajstić information content (AvgIpc) is 3.19. The van der Waals surface area contributed by atoms with Crippen molar-refractivity contribution in [3.05, 3.63) is 91.5 Å². The molecule has 0 bridgehead atoms. The predicted octanol–water partition coefficient (Wildman–Crippen LogP) is 5.27. The Labute approximate surface area is 168 Å². The Bertz CT molecular complexity index is 1370. The molecule has 3 aromatic heterocycles. The molecule has 0 aliphatic carbocycles. The molecule has 0 saturated carbocycles. The van der Waals surface area contributed by atoms with Gasteiger partial charge in [0.15, 0.2) is 0 Å². The van der Waals surface area contributed by atoms with Gasteiger partial charge in [0.2, 0.25) is 0 Å². The Morgan fingerprint density at radius 1 is 0.897 bits per heavy atom. The van der Waals surface area contributed by atoms with Gasteiger partial charge in [0.25, 0.3) is 0 Å². The van der Waals surface area contributed by atoms with Gasteiger partial charge >= 0.3 is 0 Å². The Morgan fingerprint density at radius 2 is 1.83 bits per heavy atom. The zero-order chi connectivity index (χ0) is 19.8. The van der Waals surface area contributed by atoms with E-state index >= 15 is 0 Å². The molecule has 29 heavy (non-hydrogen) atoms. The molecule has 140 valence electrons. The summed E-state index contributed by atoms with van der Waals surface area (Å²) in [6.07, 6.45) is 7.56. The van der Waals surface area contributed by atoms with E-state index in [-0.39, 0.29) is 0 Å². The molecular formula is C24H19N5. The summed E-state index contributed by atoms with van der Waals surface area (Å²) in [4.78, 5) is 8.91. The minimum atomic E-state index is 0.761. The summed E-state index contributed by atoms with van der Waals surface area (Å²) in [7, 11) is 1.92. The molecule has 0 aliphatic heterocycles. The van der Waals surface area contributed by atoms with Gasteiger partial charge in [-0.05, 0) is 46.8 Å². The first-order valence-electron chi connectivity index (χ1n) is 9.36. The topological polar surface area (TPSA) is 55.6 Å². The van der Waals surface area contributed by atoms with Crippen LogP contribution in [0.4, 0.5) is 5.82 Å². The molecule has 0 aliphatic rings. The van der Waals surface area contributed by atoms with Crippen LogP contribution in [0.2, 0.25) is 0 Å². The van der Waals surface area contributed by atoms with E-state index in [0.717, 1.165) is 49.9 Å². The maximum Gasteiger partial charge on any atom is 0.130 e. The summed E-state index contributed by atoms with van der Waals surface area (Å²) < 4.78 is 1.81. The van der Waals surface area contributed by atoms with Gasteiger partial charge in [-0.1, -0.05) is 30.8 Å². The van der Waals surface area contributed by atoms with E-state index in [1.165, 1.54) is 0 Å². The van der Waals surface area contributed by atoms with E-state index < -0.39 is 0 Å². The molecule has 0 atom stereocenters. The Hall–Kier alpha value is -3.99. The lowest BCUT2D eigenvalue weighted by atomic mass is 10.0. The lowest BCUT2D eigenvalue weighted by Gasteiger charge is -2.11. The van der Waals surface area contributed by atoms with E-state index in [4.69, 9.17) is 0 Å². The fourth-order valence-corrected chi connectivity index (χ4v) is 3.45. The van der Waals surface area contributed by atoms with Gasteiger partial charge in [0.05, 0.1) is 11.7 Å². The second-order valence-electron chi connectivity index (χ2n) is 7.05. The van der Waals surface area contributed by atoms with Crippen molar-refractivity contribution in [1.82, 2.24) is 19.7 Å². The van der Waals surface area contributed by atoms with Crippen LogP contribution in [0.25, 0.3) is 38.5 Å². The smallest absolute Gasteiger partial charge is 0.130 e. The molecular weight excluding hydrogens is 358 g/mol. The lowest BCUT2D eigenvalue weighted by molar-refractivity contribution is 0.768. The number of hydrogen-bond acceptors (Lipinski definition) is 4.